The van der Waals surface area contributed by atoms with Crippen LogP contribution in [0.2, 0.25) is 10.0 Å². The molecule has 18 heavy (non-hydrogen) atoms. The van der Waals surface area contributed by atoms with Crippen molar-refractivity contribution in [2.45, 2.75) is 26.3 Å². The van der Waals surface area contributed by atoms with Gasteiger partial charge in [-0.15, -0.1) is 0 Å². The number of nitrogens with zero attached hydrogens (tertiary/aromatic N) is 1. The summed E-state index contributed by atoms with van der Waals surface area (Å²) in [5.74, 6) is -0.906. The topological polar surface area (TPSA) is 52.9 Å². The quantitative estimate of drug-likeness (QED) is 0.916. The molecule has 0 spiro atoms. The molecule has 0 aromatic heterocycles. The van der Waals surface area contributed by atoms with E-state index in [9.17, 15) is 4.79 Å². The molecule has 0 aliphatic heterocycles. The second-order valence-corrected chi connectivity index (χ2v) is 4.83. The molecule has 0 bridgehead atoms. The zero-order valence-electron chi connectivity index (χ0n) is 10.2. The fourth-order valence-corrected chi connectivity index (χ4v) is 2.15. The molecule has 3 nitrogen and oxygen atoms in total. The van der Waals surface area contributed by atoms with E-state index >= 15 is 0 Å². The van der Waals surface area contributed by atoms with Gasteiger partial charge in [-0.2, -0.15) is 5.26 Å². The Labute approximate surface area is 117 Å². The summed E-state index contributed by atoms with van der Waals surface area (Å²) in [5.41, 5.74) is 0.780. The summed E-state index contributed by atoms with van der Waals surface area (Å²) in [7, 11) is 0. The Morgan fingerprint density at radius 1 is 1.50 bits per heavy atom. The van der Waals surface area contributed by atoms with Crippen LogP contribution in [0, 0.1) is 17.2 Å². The van der Waals surface area contributed by atoms with Gasteiger partial charge < -0.3 is 5.32 Å². The minimum atomic E-state index is -0.626. The maximum atomic E-state index is 11.8. The molecule has 0 saturated carbocycles. The SMILES string of the molecule is CCC(C#N)C(=O)NC(C)c1ccc(Cl)cc1Cl. The summed E-state index contributed by atoms with van der Waals surface area (Å²) in [6.45, 7) is 3.62. The molecule has 2 atom stereocenters. The van der Waals surface area contributed by atoms with E-state index in [1.807, 2.05) is 13.0 Å². The number of nitrogens with one attached hydrogen (secondary N) is 1. The number of amides is 1. The van der Waals surface area contributed by atoms with E-state index in [0.29, 0.717) is 16.5 Å². The monoisotopic (exact) mass is 284 g/mol. The first-order valence-electron chi connectivity index (χ1n) is 5.64. The minimum absolute atomic E-state index is 0.260. The number of hydrogen-bond donors (Lipinski definition) is 1. The van der Waals surface area contributed by atoms with Crippen LogP contribution in [0.1, 0.15) is 31.9 Å². The first-order valence-corrected chi connectivity index (χ1v) is 6.40. The Bertz CT molecular complexity index is 482. The molecule has 1 aromatic rings. The highest BCUT2D eigenvalue weighted by molar-refractivity contribution is 6.35. The van der Waals surface area contributed by atoms with Crippen LogP contribution in [0.5, 0.6) is 0 Å². The van der Waals surface area contributed by atoms with Gasteiger partial charge in [0.15, 0.2) is 0 Å². The lowest BCUT2D eigenvalue weighted by Gasteiger charge is -2.17. The first kappa shape index (κ1) is 14.8. The lowest BCUT2D eigenvalue weighted by Crippen LogP contribution is -2.32. The highest BCUT2D eigenvalue weighted by Gasteiger charge is 2.19. The second kappa shape index (κ2) is 6.63. The molecule has 0 radical (unpaired) electrons. The standard InChI is InChI=1S/C13H14Cl2N2O/c1-3-9(7-16)13(18)17-8(2)11-5-4-10(14)6-12(11)15/h4-6,8-9H,3H2,1-2H3,(H,17,18). The third-order valence-electron chi connectivity index (χ3n) is 2.67. The Kier molecular flexibility index (Phi) is 5.46. The molecule has 0 heterocycles. The Morgan fingerprint density at radius 2 is 2.17 bits per heavy atom. The molecule has 0 aliphatic carbocycles. The molecule has 0 fully saturated rings. The minimum Gasteiger partial charge on any atom is -0.348 e. The molecule has 1 N–H and O–H groups in total. The zero-order chi connectivity index (χ0) is 13.7. The van der Waals surface area contributed by atoms with Crippen LogP contribution in [0.3, 0.4) is 0 Å². The number of carbonyl (C=O) groups is 1. The van der Waals surface area contributed by atoms with E-state index in [1.54, 1.807) is 25.1 Å². The van der Waals surface area contributed by atoms with Crippen molar-refractivity contribution in [2.24, 2.45) is 5.92 Å². The number of nitriles is 1. The number of carbonyl (C=O) groups excluding carboxylic acids is 1. The van der Waals surface area contributed by atoms with E-state index in [4.69, 9.17) is 28.5 Å². The van der Waals surface area contributed by atoms with Crippen molar-refractivity contribution in [2.75, 3.05) is 0 Å². The summed E-state index contributed by atoms with van der Waals surface area (Å²) in [4.78, 5) is 11.8. The van der Waals surface area contributed by atoms with E-state index in [2.05, 4.69) is 5.32 Å². The van der Waals surface area contributed by atoms with Gasteiger partial charge in [-0.05, 0) is 31.0 Å². The van der Waals surface area contributed by atoms with Crippen molar-refractivity contribution in [1.82, 2.24) is 5.32 Å². The Morgan fingerprint density at radius 3 is 2.67 bits per heavy atom. The summed E-state index contributed by atoms with van der Waals surface area (Å²) < 4.78 is 0. The number of halogens is 2. The Hall–Kier alpha value is -1.24. The fourth-order valence-electron chi connectivity index (χ4n) is 1.58. The van der Waals surface area contributed by atoms with Crippen molar-refractivity contribution in [3.63, 3.8) is 0 Å². The number of rotatable bonds is 4. The highest BCUT2D eigenvalue weighted by atomic mass is 35.5. The van der Waals surface area contributed by atoms with Crippen LogP contribution in [0.15, 0.2) is 18.2 Å². The van der Waals surface area contributed by atoms with Gasteiger partial charge in [0, 0.05) is 10.0 Å². The predicted molar refractivity (Wildman–Crippen MR) is 72.4 cm³/mol. The van der Waals surface area contributed by atoms with E-state index < -0.39 is 5.92 Å². The molecule has 1 aromatic carbocycles. The van der Waals surface area contributed by atoms with Gasteiger partial charge in [0.05, 0.1) is 12.1 Å². The third-order valence-corrected chi connectivity index (χ3v) is 3.23. The first-order chi connectivity index (χ1) is 8.49. The van der Waals surface area contributed by atoms with Gasteiger partial charge in [0.2, 0.25) is 5.91 Å². The molecule has 0 aliphatic rings. The third kappa shape index (κ3) is 3.63. The van der Waals surface area contributed by atoms with Crippen molar-refractivity contribution in [1.29, 1.82) is 5.26 Å². The molecular formula is C13H14Cl2N2O. The van der Waals surface area contributed by atoms with Gasteiger partial charge in [-0.1, -0.05) is 36.2 Å². The summed E-state index contributed by atoms with van der Waals surface area (Å²) in [6, 6.07) is 6.82. The van der Waals surface area contributed by atoms with E-state index in [0.717, 1.165) is 5.56 Å². The van der Waals surface area contributed by atoms with Crippen molar-refractivity contribution >= 4 is 29.1 Å². The van der Waals surface area contributed by atoms with Crippen LogP contribution in [0.25, 0.3) is 0 Å². The van der Waals surface area contributed by atoms with Crippen molar-refractivity contribution in [3.05, 3.63) is 33.8 Å². The molecule has 96 valence electrons. The highest BCUT2D eigenvalue weighted by Crippen LogP contribution is 2.26. The molecule has 0 saturated heterocycles. The van der Waals surface area contributed by atoms with E-state index in [1.165, 1.54) is 0 Å². The summed E-state index contributed by atoms with van der Waals surface area (Å²) >= 11 is 11.9. The van der Waals surface area contributed by atoms with Gasteiger partial charge in [0.25, 0.3) is 0 Å². The van der Waals surface area contributed by atoms with E-state index in [-0.39, 0.29) is 11.9 Å². The number of benzene rings is 1. The number of hydrogen-bond acceptors (Lipinski definition) is 2. The molecule has 1 rings (SSSR count). The lowest BCUT2D eigenvalue weighted by atomic mass is 10.0. The molecule has 2 unspecified atom stereocenters. The van der Waals surface area contributed by atoms with Crippen LogP contribution in [0.4, 0.5) is 0 Å². The van der Waals surface area contributed by atoms with Gasteiger partial charge in [-0.25, -0.2) is 0 Å². The average Bonchev–Trinajstić information content (AvgIpc) is 2.30. The largest absolute Gasteiger partial charge is 0.348 e. The van der Waals surface area contributed by atoms with Crippen LogP contribution in [-0.4, -0.2) is 5.91 Å². The van der Waals surface area contributed by atoms with Gasteiger partial charge in [0.1, 0.15) is 5.92 Å². The van der Waals surface area contributed by atoms with Gasteiger partial charge in [-0.3, -0.25) is 4.79 Å². The predicted octanol–water partition coefficient (Wildman–Crippen LogP) is 3.72. The Balaban J connectivity index is 2.80. The average molecular weight is 285 g/mol. The summed E-state index contributed by atoms with van der Waals surface area (Å²) in [5, 5.41) is 12.6. The lowest BCUT2D eigenvalue weighted by molar-refractivity contribution is -0.124. The maximum absolute atomic E-state index is 11.8. The molecule has 1 amide bonds. The molecular weight excluding hydrogens is 271 g/mol. The maximum Gasteiger partial charge on any atom is 0.237 e. The summed E-state index contributed by atoms with van der Waals surface area (Å²) in [6.07, 6.45) is 0.489. The zero-order valence-corrected chi connectivity index (χ0v) is 11.7. The van der Waals surface area contributed by atoms with Crippen LogP contribution < -0.4 is 5.32 Å². The molecule has 5 heteroatoms. The van der Waals surface area contributed by atoms with Crippen molar-refractivity contribution < 1.29 is 4.79 Å². The normalized spacial score (nSPS) is 13.5. The smallest absolute Gasteiger partial charge is 0.237 e. The van der Waals surface area contributed by atoms with Gasteiger partial charge >= 0.3 is 0 Å². The fraction of sp³-hybridized carbons (Fsp3) is 0.385. The second-order valence-electron chi connectivity index (χ2n) is 3.99. The van der Waals surface area contributed by atoms with Crippen LogP contribution in [-0.2, 0) is 4.79 Å². The van der Waals surface area contributed by atoms with Crippen LogP contribution >= 0.6 is 23.2 Å². The van der Waals surface area contributed by atoms with Crippen molar-refractivity contribution in [3.8, 4) is 6.07 Å².